The van der Waals surface area contributed by atoms with E-state index in [2.05, 4.69) is 34.3 Å². The van der Waals surface area contributed by atoms with Crippen LogP contribution in [0.2, 0.25) is 0 Å². The van der Waals surface area contributed by atoms with E-state index < -0.39 is 18.1 Å². The Labute approximate surface area is 185 Å². The van der Waals surface area contributed by atoms with Crippen LogP contribution in [0.5, 0.6) is 5.75 Å². The number of ether oxygens (including phenoxy) is 2. The molecule has 174 valence electrons. The van der Waals surface area contributed by atoms with Gasteiger partial charge >= 0.3 is 18.1 Å². The Balaban J connectivity index is 1.56. The van der Waals surface area contributed by atoms with Gasteiger partial charge in [-0.25, -0.2) is 4.79 Å². The lowest BCUT2D eigenvalue weighted by Crippen LogP contribution is -2.29. The number of aryl methyl sites for hydroxylation is 1. The van der Waals surface area contributed by atoms with Gasteiger partial charge in [-0.2, -0.15) is 13.2 Å². The number of nitrogens with one attached hydrogen (secondary N) is 1. The number of carbonyl (C=O) groups is 2. The molecule has 5 nitrogen and oxygen atoms in total. The first kappa shape index (κ1) is 25.4. The smallest absolute Gasteiger partial charge is 0.491 e. The van der Waals surface area contributed by atoms with Crippen LogP contribution in [0, 0.1) is 0 Å². The Morgan fingerprint density at radius 1 is 0.875 bits per heavy atom. The first-order chi connectivity index (χ1) is 15.3. The van der Waals surface area contributed by atoms with Crippen molar-refractivity contribution in [1.82, 2.24) is 5.32 Å². The quantitative estimate of drug-likeness (QED) is 0.264. The van der Waals surface area contributed by atoms with Crippen molar-refractivity contribution in [2.75, 3.05) is 13.2 Å². The third kappa shape index (κ3) is 10.4. The van der Waals surface area contributed by atoms with E-state index in [1.165, 1.54) is 5.56 Å². The molecule has 0 aliphatic carbocycles. The van der Waals surface area contributed by atoms with Crippen molar-refractivity contribution >= 4 is 11.9 Å². The highest BCUT2D eigenvalue weighted by molar-refractivity contribution is 5.88. The fourth-order valence-corrected chi connectivity index (χ4v) is 3.00. The summed E-state index contributed by atoms with van der Waals surface area (Å²) in [4.78, 5) is 21.8. The van der Waals surface area contributed by atoms with E-state index in [9.17, 15) is 22.8 Å². The number of unbranched alkanes of at least 4 members (excludes halogenated alkanes) is 3. The zero-order valence-electron chi connectivity index (χ0n) is 17.8. The van der Waals surface area contributed by atoms with Crippen LogP contribution in [0.25, 0.3) is 0 Å². The predicted octanol–water partition coefficient (Wildman–Crippen LogP) is 4.98. The van der Waals surface area contributed by atoms with Crippen molar-refractivity contribution < 1.29 is 32.2 Å². The first-order valence-corrected chi connectivity index (χ1v) is 10.6. The summed E-state index contributed by atoms with van der Waals surface area (Å²) < 4.78 is 45.6. The molecule has 0 atom stereocenters. The van der Waals surface area contributed by atoms with Gasteiger partial charge in [-0.3, -0.25) is 4.79 Å². The van der Waals surface area contributed by atoms with Gasteiger partial charge in [-0.05, 0) is 42.5 Å². The number of hydrogen-bond acceptors (Lipinski definition) is 5. The van der Waals surface area contributed by atoms with Gasteiger partial charge in [-0.15, -0.1) is 0 Å². The molecular weight excluding hydrogens is 423 g/mol. The topological polar surface area (TPSA) is 64.6 Å². The fourth-order valence-electron chi connectivity index (χ4n) is 3.00. The molecular formula is C24H28F3NO4. The maximum atomic E-state index is 12.0. The van der Waals surface area contributed by atoms with Gasteiger partial charge in [0.25, 0.3) is 0 Å². The highest BCUT2D eigenvalue weighted by Crippen LogP contribution is 2.17. The second-order valence-electron chi connectivity index (χ2n) is 7.33. The minimum absolute atomic E-state index is 0.0814. The molecule has 0 saturated carbocycles. The predicted molar refractivity (Wildman–Crippen MR) is 114 cm³/mol. The molecule has 0 radical (unpaired) electrons. The number of alkyl halides is 3. The van der Waals surface area contributed by atoms with Crippen LogP contribution in [0.15, 0.2) is 54.6 Å². The van der Waals surface area contributed by atoms with Crippen LogP contribution < -0.4 is 10.1 Å². The Hall–Kier alpha value is -2.87. The molecule has 2 aromatic rings. The molecule has 8 heteroatoms. The van der Waals surface area contributed by atoms with E-state index >= 15 is 0 Å². The van der Waals surface area contributed by atoms with E-state index in [0.717, 1.165) is 43.4 Å². The normalized spacial score (nSPS) is 11.2. The summed E-state index contributed by atoms with van der Waals surface area (Å²) in [5.41, 5.74) is 2.27. The van der Waals surface area contributed by atoms with Crippen molar-refractivity contribution in [3.05, 3.63) is 65.7 Å². The third-order valence-electron chi connectivity index (χ3n) is 4.64. The number of rotatable bonds is 13. The maximum Gasteiger partial charge on any atom is 0.491 e. The van der Waals surface area contributed by atoms with Crippen molar-refractivity contribution in [2.24, 2.45) is 0 Å². The van der Waals surface area contributed by atoms with Crippen LogP contribution in [0.4, 0.5) is 13.2 Å². The summed E-state index contributed by atoms with van der Waals surface area (Å²) in [5, 5.41) is 2.93. The molecule has 0 unspecified atom stereocenters. The lowest BCUT2D eigenvalue weighted by atomic mass is 10.1. The minimum atomic E-state index is -5.17. The molecule has 32 heavy (non-hydrogen) atoms. The van der Waals surface area contributed by atoms with E-state index in [0.29, 0.717) is 13.2 Å². The van der Waals surface area contributed by atoms with Crippen LogP contribution in [0.3, 0.4) is 0 Å². The van der Waals surface area contributed by atoms with Crippen LogP contribution >= 0.6 is 0 Å². The highest BCUT2D eigenvalue weighted by Gasteiger charge is 2.42. The maximum absolute atomic E-state index is 12.0. The van der Waals surface area contributed by atoms with Crippen molar-refractivity contribution in [2.45, 2.75) is 51.2 Å². The Morgan fingerprint density at radius 3 is 2.34 bits per heavy atom. The number of halogens is 3. The van der Waals surface area contributed by atoms with Crippen molar-refractivity contribution in [3.8, 4) is 5.75 Å². The second kappa shape index (κ2) is 13.5. The molecule has 0 spiro atoms. The zero-order chi connectivity index (χ0) is 23.2. The summed E-state index contributed by atoms with van der Waals surface area (Å²) >= 11 is 0. The van der Waals surface area contributed by atoms with Gasteiger partial charge in [0.1, 0.15) is 5.75 Å². The molecule has 0 fully saturated rings. The standard InChI is InChI=1S/C24H28F3NO4/c25-24(26,27)23(30)32-22(29)14-15-28-18-20-12-8-13-21(17-20)31-16-7-2-1-4-9-19-10-5-3-6-11-19/h3,5-6,8,10-13,17,28H,1-2,4,7,9,14-16,18H2. The molecule has 0 amide bonds. The Bertz CT molecular complexity index is 841. The summed E-state index contributed by atoms with van der Waals surface area (Å²) in [7, 11) is 0. The van der Waals surface area contributed by atoms with Gasteiger partial charge in [0, 0.05) is 13.1 Å². The number of benzene rings is 2. The molecule has 0 aromatic heterocycles. The Morgan fingerprint density at radius 2 is 1.59 bits per heavy atom. The molecule has 0 aliphatic heterocycles. The molecule has 0 heterocycles. The Kier molecular flexibility index (Phi) is 10.7. The van der Waals surface area contributed by atoms with Gasteiger partial charge in [0.05, 0.1) is 13.0 Å². The van der Waals surface area contributed by atoms with Crippen LogP contribution in [0.1, 0.15) is 43.2 Å². The third-order valence-corrected chi connectivity index (χ3v) is 4.64. The van der Waals surface area contributed by atoms with Gasteiger partial charge in [0.15, 0.2) is 0 Å². The SMILES string of the molecule is O=C(CCNCc1cccc(OCCCCCCc2ccccc2)c1)OC(=O)C(F)(F)F. The van der Waals surface area contributed by atoms with Gasteiger partial charge < -0.3 is 14.8 Å². The summed E-state index contributed by atoms with van der Waals surface area (Å²) in [6.45, 7) is 1.11. The average molecular weight is 451 g/mol. The van der Waals surface area contributed by atoms with Gasteiger partial charge in [-0.1, -0.05) is 55.3 Å². The molecule has 2 aromatic carbocycles. The summed E-state index contributed by atoms with van der Waals surface area (Å²) in [6, 6.07) is 17.9. The number of esters is 2. The number of carbonyl (C=O) groups excluding carboxylic acids is 2. The minimum Gasteiger partial charge on any atom is -0.494 e. The molecule has 2 rings (SSSR count). The summed E-state index contributed by atoms with van der Waals surface area (Å²) in [5.74, 6) is -2.98. The first-order valence-electron chi connectivity index (χ1n) is 10.6. The molecule has 0 bridgehead atoms. The highest BCUT2D eigenvalue weighted by atomic mass is 19.4. The van der Waals surface area contributed by atoms with Crippen molar-refractivity contribution in [1.29, 1.82) is 0 Å². The zero-order valence-corrected chi connectivity index (χ0v) is 17.8. The number of hydrogen-bond donors (Lipinski definition) is 1. The van der Waals surface area contributed by atoms with E-state index in [1.54, 1.807) is 0 Å². The molecule has 0 saturated heterocycles. The molecule has 1 N–H and O–H groups in total. The van der Waals surface area contributed by atoms with E-state index in [1.807, 2.05) is 30.3 Å². The monoisotopic (exact) mass is 451 g/mol. The summed E-state index contributed by atoms with van der Waals surface area (Å²) in [6.07, 6.45) is -0.0551. The second-order valence-corrected chi connectivity index (χ2v) is 7.33. The van der Waals surface area contributed by atoms with Crippen LogP contribution in [-0.2, 0) is 27.3 Å². The van der Waals surface area contributed by atoms with Crippen molar-refractivity contribution in [3.63, 3.8) is 0 Å². The van der Waals surface area contributed by atoms with E-state index in [-0.39, 0.29) is 13.0 Å². The lowest BCUT2D eigenvalue weighted by Gasteiger charge is -2.09. The fraction of sp³-hybridized carbons (Fsp3) is 0.417. The molecule has 0 aliphatic rings. The lowest BCUT2D eigenvalue weighted by molar-refractivity contribution is -0.201. The van der Waals surface area contributed by atoms with E-state index in [4.69, 9.17) is 4.74 Å². The largest absolute Gasteiger partial charge is 0.494 e. The average Bonchev–Trinajstić information content (AvgIpc) is 2.76. The van der Waals surface area contributed by atoms with Crippen LogP contribution in [-0.4, -0.2) is 31.3 Å². The van der Waals surface area contributed by atoms with Gasteiger partial charge in [0.2, 0.25) is 0 Å².